The van der Waals surface area contributed by atoms with Crippen LogP contribution in [0, 0.1) is 0 Å². The van der Waals surface area contributed by atoms with Gasteiger partial charge in [-0.25, -0.2) is 0 Å². The molecule has 3 nitrogen and oxygen atoms in total. The number of anilines is 1. The van der Waals surface area contributed by atoms with Crippen molar-refractivity contribution in [2.45, 2.75) is 6.18 Å². The molecule has 0 aliphatic carbocycles. The van der Waals surface area contributed by atoms with Crippen LogP contribution in [-0.2, 0) is 11.0 Å². The van der Waals surface area contributed by atoms with Crippen LogP contribution in [0.2, 0.25) is 0 Å². The lowest BCUT2D eigenvalue weighted by Gasteiger charge is -2.07. The number of phenolic OH excluding ortho intramolecular Hbond substituents is 1. The van der Waals surface area contributed by atoms with Gasteiger partial charge in [0.05, 0.1) is 5.56 Å². The molecule has 2 rings (SSSR count). The Bertz CT molecular complexity index is 674. The van der Waals surface area contributed by atoms with E-state index in [2.05, 4.69) is 5.32 Å². The predicted octanol–water partition coefficient (Wildman–Crippen LogP) is 4.06. The molecule has 0 atom stereocenters. The second kappa shape index (κ2) is 6.34. The Balaban J connectivity index is 1.98. The molecular formula is C16H12F3NO2. The van der Waals surface area contributed by atoms with E-state index < -0.39 is 17.6 Å². The van der Waals surface area contributed by atoms with Crippen molar-refractivity contribution >= 4 is 17.7 Å². The molecule has 0 unspecified atom stereocenters. The van der Waals surface area contributed by atoms with Crippen LogP contribution >= 0.6 is 0 Å². The number of nitrogens with one attached hydrogen (secondary N) is 1. The van der Waals surface area contributed by atoms with E-state index in [-0.39, 0.29) is 11.4 Å². The molecule has 0 aliphatic rings. The van der Waals surface area contributed by atoms with Crippen molar-refractivity contribution in [2.24, 2.45) is 0 Å². The Morgan fingerprint density at radius 2 is 1.59 bits per heavy atom. The van der Waals surface area contributed by atoms with Crippen LogP contribution in [0.15, 0.2) is 54.6 Å². The molecule has 0 heterocycles. The van der Waals surface area contributed by atoms with Gasteiger partial charge in [0.1, 0.15) is 5.75 Å². The smallest absolute Gasteiger partial charge is 0.416 e. The maximum absolute atomic E-state index is 12.4. The molecule has 2 aromatic carbocycles. The first-order valence-corrected chi connectivity index (χ1v) is 6.30. The zero-order valence-corrected chi connectivity index (χ0v) is 11.3. The average molecular weight is 307 g/mol. The van der Waals surface area contributed by atoms with Gasteiger partial charge in [0.2, 0.25) is 5.91 Å². The lowest BCUT2D eigenvalue weighted by molar-refractivity contribution is -0.137. The van der Waals surface area contributed by atoms with Crippen LogP contribution in [0.3, 0.4) is 0 Å². The van der Waals surface area contributed by atoms with Gasteiger partial charge in [-0.05, 0) is 48.0 Å². The fourth-order valence-corrected chi connectivity index (χ4v) is 1.68. The van der Waals surface area contributed by atoms with Crippen LogP contribution in [0.25, 0.3) is 6.08 Å². The fourth-order valence-electron chi connectivity index (χ4n) is 1.68. The SMILES string of the molecule is O=C(/C=C/c1ccc(O)cc1)Nc1ccc(C(F)(F)F)cc1. The molecule has 0 radical (unpaired) electrons. The summed E-state index contributed by atoms with van der Waals surface area (Å²) in [6, 6.07) is 10.4. The number of aromatic hydroxyl groups is 1. The van der Waals surface area contributed by atoms with Crippen molar-refractivity contribution in [3.63, 3.8) is 0 Å². The molecule has 0 bridgehead atoms. The molecule has 2 N–H and O–H groups in total. The number of rotatable bonds is 3. The molecule has 0 saturated carbocycles. The number of hydrogen-bond donors (Lipinski definition) is 2. The van der Waals surface area contributed by atoms with E-state index in [1.165, 1.54) is 36.4 Å². The Labute approximate surface area is 124 Å². The Hall–Kier alpha value is -2.76. The molecule has 6 heteroatoms. The third kappa shape index (κ3) is 4.37. The Kier molecular flexibility index (Phi) is 4.50. The normalized spacial score (nSPS) is 11.6. The summed E-state index contributed by atoms with van der Waals surface area (Å²) in [4.78, 5) is 11.7. The van der Waals surface area contributed by atoms with Crippen LogP contribution < -0.4 is 5.32 Å². The van der Waals surface area contributed by atoms with E-state index in [1.54, 1.807) is 12.1 Å². The maximum atomic E-state index is 12.4. The number of hydrogen-bond acceptors (Lipinski definition) is 2. The van der Waals surface area contributed by atoms with Crippen molar-refractivity contribution in [3.8, 4) is 5.75 Å². The largest absolute Gasteiger partial charge is 0.508 e. The molecule has 2 aromatic rings. The van der Waals surface area contributed by atoms with Crippen LogP contribution in [-0.4, -0.2) is 11.0 Å². The molecule has 0 spiro atoms. The first-order chi connectivity index (χ1) is 10.3. The zero-order chi connectivity index (χ0) is 16.2. The Morgan fingerprint density at radius 3 is 2.14 bits per heavy atom. The highest BCUT2D eigenvalue weighted by molar-refractivity contribution is 6.01. The molecule has 1 amide bonds. The van der Waals surface area contributed by atoms with Gasteiger partial charge in [-0.3, -0.25) is 4.79 Å². The van der Waals surface area contributed by atoms with E-state index in [0.717, 1.165) is 12.1 Å². The Morgan fingerprint density at radius 1 is 1.00 bits per heavy atom. The number of benzene rings is 2. The van der Waals surface area contributed by atoms with Gasteiger partial charge in [-0.15, -0.1) is 0 Å². The van der Waals surface area contributed by atoms with E-state index in [9.17, 15) is 18.0 Å². The molecule has 0 saturated heterocycles. The number of phenols is 1. The molecule has 22 heavy (non-hydrogen) atoms. The number of amides is 1. The van der Waals surface area contributed by atoms with Gasteiger partial charge < -0.3 is 10.4 Å². The zero-order valence-electron chi connectivity index (χ0n) is 11.3. The van der Waals surface area contributed by atoms with E-state index in [1.807, 2.05) is 0 Å². The number of carbonyl (C=O) groups excluding carboxylic acids is 1. The number of halogens is 3. The fraction of sp³-hybridized carbons (Fsp3) is 0.0625. The molecular weight excluding hydrogens is 295 g/mol. The average Bonchev–Trinajstić information content (AvgIpc) is 2.46. The van der Waals surface area contributed by atoms with Gasteiger partial charge in [0, 0.05) is 11.8 Å². The summed E-state index contributed by atoms with van der Waals surface area (Å²) < 4.78 is 37.2. The highest BCUT2D eigenvalue weighted by Gasteiger charge is 2.29. The second-order valence-electron chi connectivity index (χ2n) is 4.49. The van der Waals surface area contributed by atoms with Gasteiger partial charge in [-0.1, -0.05) is 12.1 Å². The minimum atomic E-state index is -4.40. The number of carbonyl (C=O) groups is 1. The highest BCUT2D eigenvalue weighted by Crippen LogP contribution is 2.29. The topological polar surface area (TPSA) is 49.3 Å². The van der Waals surface area contributed by atoms with Crippen molar-refractivity contribution in [1.82, 2.24) is 0 Å². The maximum Gasteiger partial charge on any atom is 0.416 e. The quantitative estimate of drug-likeness (QED) is 0.840. The van der Waals surface area contributed by atoms with Crippen molar-refractivity contribution in [1.29, 1.82) is 0 Å². The third-order valence-electron chi connectivity index (χ3n) is 2.80. The summed E-state index contributed by atoms with van der Waals surface area (Å²) in [5, 5.41) is 11.6. The standard InChI is InChI=1S/C16H12F3NO2/c17-16(18,19)12-4-6-13(7-5-12)20-15(22)10-3-11-1-8-14(21)9-2-11/h1-10,21H,(H,20,22)/b10-3+. The summed E-state index contributed by atoms with van der Waals surface area (Å²) in [7, 11) is 0. The van der Waals surface area contributed by atoms with E-state index in [0.29, 0.717) is 5.56 Å². The summed E-state index contributed by atoms with van der Waals surface area (Å²) in [6.45, 7) is 0. The summed E-state index contributed by atoms with van der Waals surface area (Å²) in [5.74, 6) is -0.348. The molecule has 0 fully saturated rings. The first kappa shape index (κ1) is 15.6. The van der Waals surface area contributed by atoms with Crippen molar-refractivity contribution in [2.75, 3.05) is 5.32 Å². The summed E-state index contributed by atoms with van der Waals surface area (Å²) >= 11 is 0. The summed E-state index contributed by atoms with van der Waals surface area (Å²) in [5.41, 5.74) is 0.207. The van der Waals surface area contributed by atoms with Crippen LogP contribution in [0.4, 0.5) is 18.9 Å². The minimum absolute atomic E-state index is 0.117. The van der Waals surface area contributed by atoms with Crippen LogP contribution in [0.5, 0.6) is 5.75 Å². The molecule has 0 aliphatic heterocycles. The lowest BCUT2D eigenvalue weighted by Crippen LogP contribution is -2.09. The van der Waals surface area contributed by atoms with Gasteiger partial charge in [0.15, 0.2) is 0 Å². The van der Waals surface area contributed by atoms with E-state index >= 15 is 0 Å². The van der Waals surface area contributed by atoms with E-state index in [4.69, 9.17) is 5.11 Å². The van der Waals surface area contributed by atoms with Gasteiger partial charge in [-0.2, -0.15) is 13.2 Å². The number of alkyl halides is 3. The first-order valence-electron chi connectivity index (χ1n) is 6.30. The van der Waals surface area contributed by atoms with Gasteiger partial charge >= 0.3 is 6.18 Å². The molecule has 114 valence electrons. The van der Waals surface area contributed by atoms with Gasteiger partial charge in [0.25, 0.3) is 0 Å². The highest BCUT2D eigenvalue weighted by atomic mass is 19.4. The minimum Gasteiger partial charge on any atom is -0.508 e. The third-order valence-corrected chi connectivity index (χ3v) is 2.80. The summed E-state index contributed by atoms with van der Waals surface area (Å²) in [6.07, 6.45) is -1.62. The second-order valence-corrected chi connectivity index (χ2v) is 4.49. The predicted molar refractivity (Wildman–Crippen MR) is 77.2 cm³/mol. The van der Waals surface area contributed by atoms with Crippen molar-refractivity contribution in [3.05, 3.63) is 65.7 Å². The van der Waals surface area contributed by atoms with Crippen molar-refractivity contribution < 1.29 is 23.1 Å². The monoisotopic (exact) mass is 307 g/mol. The molecule has 0 aromatic heterocycles. The lowest BCUT2D eigenvalue weighted by atomic mass is 10.2. The van der Waals surface area contributed by atoms with Crippen LogP contribution in [0.1, 0.15) is 11.1 Å².